The Labute approximate surface area is 117 Å². The lowest BCUT2D eigenvalue weighted by molar-refractivity contribution is -0.149. The fraction of sp³-hybridized carbons (Fsp3) is 0.429. The molecule has 1 aromatic rings. The van der Waals surface area contributed by atoms with Crippen LogP contribution in [0.25, 0.3) is 0 Å². The number of esters is 1. The van der Waals surface area contributed by atoms with E-state index in [1.807, 2.05) is 18.2 Å². The molecule has 102 valence electrons. The third-order valence-corrected chi connectivity index (χ3v) is 3.03. The molecular formula is C14H16ClNO3. The molecule has 0 aliphatic heterocycles. The normalized spacial score (nSPS) is 13.2. The molecule has 0 amide bonds. The first-order valence-electron chi connectivity index (χ1n) is 6.02. The van der Waals surface area contributed by atoms with Crippen molar-refractivity contribution in [3.63, 3.8) is 0 Å². The van der Waals surface area contributed by atoms with Crippen LogP contribution in [-0.4, -0.2) is 24.2 Å². The first kappa shape index (κ1) is 15.4. The molecule has 0 spiro atoms. The molecule has 1 unspecified atom stereocenters. The summed E-state index contributed by atoms with van der Waals surface area (Å²) in [4.78, 5) is 25.9. The molecule has 0 saturated heterocycles. The van der Waals surface area contributed by atoms with E-state index < -0.39 is 11.5 Å². The summed E-state index contributed by atoms with van der Waals surface area (Å²) >= 11 is 5.89. The number of rotatable bonds is 6. The molecule has 0 aromatic heterocycles. The lowest BCUT2D eigenvalue weighted by Gasteiger charge is -2.20. The van der Waals surface area contributed by atoms with E-state index in [4.69, 9.17) is 16.3 Å². The second-order valence-corrected chi connectivity index (χ2v) is 4.76. The number of hydrogen-bond acceptors (Lipinski definition) is 4. The average Bonchev–Trinajstić information content (AvgIpc) is 2.37. The van der Waals surface area contributed by atoms with Crippen molar-refractivity contribution < 1.29 is 14.3 Å². The zero-order valence-corrected chi connectivity index (χ0v) is 11.7. The second-order valence-electron chi connectivity index (χ2n) is 4.33. The maximum absolute atomic E-state index is 11.8. The topological polar surface area (TPSA) is 55.7 Å². The van der Waals surface area contributed by atoms with Crippen LogP contribution in [0.4, 0.5) is 0 Å². The number of ether oxygens (including phenoxy) is 1. The molecule has 0 aliphatic carbocycles. The first-order chi connectivity index (χ1) is 9.01. The van der Waals surface area contributed by atoms with Crippen LogP contribution in [0.15, 0.2) is 29.3 Å². The molecule has 0 saturated carbocycles. The van der Waals surface area contributed by atoms with Crippen LogP contribution in [0.5, 0.6) is 0 Å². The molecule has 0 heterocycles. The van der Waals surface area contributed by atoms with Gasteiger partial charge in [-0.2, -0.15) is 4.99 Å². The van der Waals surface area contributed by atoms with Gasteiger partial charge in [-0.15, -0.1) is 0 Å². The third kappa shape index (κ3) is 4.51. The van der Waals surface area contributed by atoms with Gasteiger partial charge in [0.15, 0.2) is 5.54 Å². The third-order valence-electron chi connectivity index (χ3n) is 2.80. The van der Waals surface area contributed by atoms with E-state index in [0.717, 1.165) is 5.56 Å². The Balaban J connectivity index is 2.79. The van der Waals surface area contributed by atoms with Gasteiger partial charge in [-0.1, -0.05) is 23.7 Å². The van der Waals surface area contributed by atoms with Gasteiger partial charge >= 0.3 is 5.97 Å². The molecule has 0 fully saturated rings. The van der Waals surface area contributed by atoms with Crippen molar-refractivity contribution >= 4 is 23.7 Å². The molecule has 1 atom stereocenters. The summed E-state index contributed by atoms with van der Waals surface area (Å²) in [6, 6.07) is 7.33. The smallest absolute Gasteiger partial charge is 0.334 e. The van der Waals surface area contributed by atoms with Gasteiger partial charge in [-0.25, -0.2) is 9.59 Å². The fourth-order valence-electron chi connectivity index (χ4n) is 1.67. The first-order valence-corrected chi connectivity index (χ1v) is 6.40. The highest BCUT2D eigenvalue weighted by Crippen LogP contribution is 2.21. The summed E-state index contributed by atoms with van der Waals surface area (Å²) in [7, 11) is 0. The Morgan fingerprint density at radius 2 is 2.26 bits per heavy atom. The minimum absolute atomic E-state index is 0.250. The van der Waals surface area contributed by atoms with Crippen LogP contribution in [0.2, 0.25) is 5.02 Å². The Kier molecular flexibility index (Phi) is 5.74. The van der Waals surface area contributed by atoms with Crippen LogP contribution in [0.1, 0.15) is 25.8 Å². The van der Waals surface area contributed by atoms with E-state index in [2.05, 4.69) is 4.99 Å². The lowest BCUT2D eigenvalue weighted by atomic mass is 9.94. The van der Waals surface area contributed by atoms with Crippen molar-refractivity contribution in [3.05, 3.63) is 34.9 Å². The van der Waals surface area contributed by atoms with E-state index >= 15 is 0 Å². The SMILES string of the molecule is CCOC(=O)C(C)(CCc1cccc(Cl)c1)N=C=O. The maximum Gasteiger partial charge on any atom is 0.334 e. The van der Waals surface area contributed by atoms with Crippen molar-refractivity contribution in [2.75, 3.05) is 6.61 Å². The molecule has 0 radical (unpaired) electrons. The zero-order chi connectivity index (χ0) is 14.3. The van der Waals surface area contributed by atoms with E-state index in [9.17, 15) is 9.59 Å². The number of aryl methyl sites for hydroxylation is 1. The van der Waals surface area contributed by atoms with Gasteiger partial charge in [0.1, 0.15) is 0 Å². The van der Waals surface area contributed by atoms with Gasteiger partial charge in [-0.05, 0) is 44.4 Å². The van der Waals surface area contributed by atoms with Gasteiger partial charge in [0.25, 0.3) is 0 Å². The minimum atomic E-state index is -1.19. The quantitative estimate of drug-likeness (QED) is 0.458. The summed E-state index contributed by atoms with van der Waals surface area (Å²) in [5, 5.41) is 0.634. The molecular weight excluding hydrogens is 266 g/mol. The number of hydrogen-bond donors (Lipinski definition) is 0. The van der Waals surface area contributed by atoms with Gasteiger partial charge < -0.3 is 4.74 Å². The van der Waals surface area contributed by atoms with Crippen molar-refractivity contribution in [2.45, 2.75) is 32.2 Å². The monoisotopic (exact) mass is 281 g/mol. The van der Waals surface area contributed by atoms with Crippen molar-refractivity contribution in [3.8, 4) is 0 Å². The number of halogens is 1. The van der Waals surface area contributed by atoms with Gasteiger partial charge in [-0.3, -0.25) is 0 Å². The van der Waals surface area contributed by atoms with E-state index in [1.54, 1.807) is 19.9 Å². The van der Waals surface area contributed by atoms with E-state index in [0.29, 0.717) is 17.9 Å². The summed E-state index contributed by atoms with van der Waals surface area (Å²) < 4.78 is 4.93. The number of isocyanates is 1. The highest BCUT2D eigenvalue weighted by molar-refractivity contribution is 6.30. The number of nitrogens with zero attached hydrogens (tertiary/aromatic N) is 1. The fourth-order valence-corrected chi connectivity index (χ4v) is 1.88. The van der Waals surface area contributed by atoms with Gasteiger partial charge in [0.2, 0.25) is 6.08 Å². The van der Waals surface area contributed by atoms with Crippen molar-refractivity contribution in [1.29, 1.82) is 0 Å². The maximum atomic E-state index is 11.8. The summed E-state index contributed by atoms with van der Waals surface area (Å²) in [6.45, 7) is 3.53. The molecule has 0 N–H and O–H groups in total. The van der Waals surface area contributed by atoms with Crippen LogP contribution in [0, 0.1) is 0 Å². The standard InChI is InChI=1S/C14H16ClNO3/c1-3-19-13(18)14(2,16-10-17)8-7-11-5-4-6-12(15)9-11/h4-6,9H,3,7-8H2,1-2H3. The second kappa shape index (κ2) is 7.07. The predicted octanol–water partition coefficient (Wildman–Crippen LogP) is 2.93. The van der Waals surface area contributed by atoms with E-state index in [-0.39, 0.29) is 6.61 Å². The molecule has 1 aromatic carbocycles. The molecule has 0 aliphatic rings. The predicted molar refractivity (Wildman–Crippen MR) is 72.9 cm³/mol. The van der Waals surface area contributed by atoms with Crippen LogP contribution in [-0.2, 0) is 20.7 Å². The van der Waals surface area contributed by atoms with E-state index in [1.165, 1.54) is 6.08 Å². The van der Waals surface area contributed by atoms with Crippen LogP contribution in [0.3, 0.4) is 0 Å². The molecule has 4 nitrogen and oxygen atoms in total. The number of aliphatic imine (C=N–C) groups is 1. The van der Waals surface area contributed by atoms with Crippen LogP contribution >= 0.6 is 11.6 Å². The minimum Gasteiger partial charge on any atom is -0.464 e. The van der Waals surface area contributed by atoms with Crippen molar-refractivity contribution in [1.82, 2.24) is 0 Å². The Bertz CT molecular complexity index is 497. The lowest BCUT2D eigenvalue weighted by Crippen LogP contribution is -2.35. The summed E-state index contributed by atoms with van der Waals surface area (Å²) in [5.74, 6) is -0.514. The number of carbonyl (C=O) groups is 1. The zero-order valence-electron chi connectivity index (χ0n) is 11.0. The molecule has 19 heavy (non-hydrogen) atoms. The number of carbonyl (C=O) groups excluding carboxylic acids is 2. The van der Waals surface area contributed by atoms with Crippen molar-refractivity contribution in [2.24, 2.45) is 4.99 Å². The Morgan fingerprint density at radius 3 is 2.84 bits per heavy atom. The summed E-state index contributed by atoms with van der Waals surface area (Å²) in [5.41, 5.74) is -0.218. The highest BCUT2D eigenvalue weighted by Gasteiger charge is 2.34. The highest BCUT2D eigenvalue weighted by atomic mass is 35.5. The summed E-state index contributed by atoms with van der Waals surface area (Å²) in [6.07, 6.45) is 2.38. The molecule has 5 heteroatoms. The van der Waals surface area contributed by atoms with Gasteiger partial charge in [0, 0.05) is 5.02 Å². The van der Waals surface area contributed by atoms with Gasteiger partial charge in [0.05, 0.1) is 6.61 Å². The Hall–Kier alpha value is -1.64. The van der Waals surface area contributed by atoms with Crippen LogP contribution < -0.4 is 0 Å². The molecule has 0 bridgehead atoms. The Morgan fingerprint density at radius 1 is 1.53 bits per heavy atom. The average molecular weight is 282 g/mol. The molecule has 1 rings (SSSR count). The number of benzene rings is 1. The largest absolute Gasteiger partial charge is 0.464 e.